The quantitative estimate of drug-likeness (QED) is 0.629. The van der Waals surface area contributed by atoms with E-state index in [1.165, 1.54) is 11.1 Å². The summed E-state index contributed by atoms with van der Waals surface area (Å²) in [5, 5.41) is 6.56. The van der Waals surface area contributed by atoms with Gasteiger partial charge >= 0.3 is 0 Å². The van der Waals surface area contributed by atoms with Gasteiger partial charge in [-0.3, -0.25) is 4.99 Å². The van der Waals surface area contributed by atoms with Crippen LogP contribution in [0.5, 0.6) is 11.5 Å². The fourth-order valence-electron chi connectivity index (χ4n) is 2.23. The predicted octanol–water partition coefficient (Wildman–Crippen LogP) is 3.59. The van der Waals surface area contributed by atoms with Gasteiger partial charge in [-0.05, 0) is 31.5 Å². The largest absolute Gasteiger partial charge is 0.493 e. The summed E-state index contributed by atoms with van der Waals surface area (Å²) in [6, 6.07) is 14.1. The zero-order valence-corrected chi connectivity index (χ0v) is 14.7. The standard InChI is InChI=1S/C19H25N3O2/c1-5-24-18-12-16(10-11-17(18)23-4)22-19(20-3)21-13-15-8-6-14(2)7-9-15/h6-12H,5,13H2,1-4H3,(H2,20,21,22). The Bertz CT molecular complexity index is 682. The maximum Gasteiger partial charge on any atom is 0.195 e. The van der Waals surface area contributed by atoms with E-state index in [4.69, 9.17) is 9.47 Å². The highest BCUT2D eigenvalue weighted by atomic mass is 16.5. The van der Waals surface area contributed by atoms with Gasteiger partial charge in [-0.15, -0.1) is 0 Å². The van der Waals surface area contributed by atoms with Crippen LogP contribution in [0.15, 0.2) is 47.5 Å². The first-order chi connectivity index (χ1) is 11.7. The maximum atomic E-state index is 5.60. The number of hydrogen-bond acceptors (Lipinski definition) is 3. The van der Waals surface area contributed by atoms with Crippen LogP contribution in [0.25, 0.3) is 0 Å². The van der Waals surface area contributed by atoms with Crippen LogP contribution in [0, 0.1) is 6.92 Å². The van der Waals surface area contributed by atoms with Crippen molar-refractivity contribution in [1.29, 1.82) is 0 Å². The molecule has 0 saturated carbocycles. The third-order valence-electron chi connectivity index (χ3n) is 3.53. The van der Waals surface area contributed by atoms with Crippen LogP contribution in [-0.2, 0) is 6.54 Å². The van der Waals surface area contributed by atoms with E-state index in [9.17, 15) is 0 Å². The summed E-state index contributed by atoms with van der Waals surface area (Å²) in [6.07, 6.45) is 0. The second-order valence-electron chi connectivity index (χ2n) is 5.34. The average molecular weight is 327 g/mol. The molecule has 24 heavy (non-hydrogen) atoms. The van der Waals surface area contributed by atoms with Crippen molar-refractivity contribution in [2.45, 2.75) is 20.4 Å². The van der Waals surface area contributed by atoms with Crippen molar-refractivity contribution in [2.75, 3.05) is 26.1 Å². The van der Waals surface area contributed by atoms with E-state index < -0.39 is 0 Å². The van der Waals surface area contributed by atoms with Gasteiger partial charge in [0.05, 0.1) is 13.7 Å². The normalized spacial score (nSPS) is 11.1. The molecule has 0 spiro atoms. The van der Waals surface area contributed by atoms with Crippen molar-refractivity contribution in [3.63, 3.8) is 0 Å². The fraction of sp³-hybridized carbons (Fsp3) is 0.316. The summed E-state index contributed by atoms with van der Waals surface area (Å²) < 4.78 is 10.9. The van der Waals surface area contributed by atoms with E-state index in [0.29, 0.717) is 30.6 Å². The Morgan fingerprint density at radius 3 is 2.46 bits per heavy atom. The van der Waals surface area contributed by atoms with E-state index >= 15 is 0 Å². The molecule has 2 N–H and O–H groups in total. The van der Waals surface area contributed by atoms with Gasteiger partial charge in [0.1, 0.15) is 0 Å². The van der Waals surface area contributed by atoms with Gasteiger partial charge < -0.3 is 20.1 Å². The first kappa shape index (κ1) is 17.7. The molecular formula is C19H25N3O2. The van der Waals surface area contributed by atoms with Crippen LogP contribution < -0.4 is 20.1 Å². The molecule has 128 valence electrons. The number of rotatable bonds is 6. The predicted molar refractivity (Wildman–Crippen MR) is 99.2 cm³/mol. The number of nitrogens with zero attached hydrogens (tertiary/aromatic N) is 1. The number of hydrogen-bond donors (Lipinski definition) is 2. The number of methoxy groups -OCH3 is 1. The van der Waals surface area contributed by atoms with Gasteiger partial charge in [-0.2, -0.15) is 0 Å². The third kappa shape index (κ3) is 4.91. The highest BCUT2D eigenvalue weighted by Gasteiger charge is 2.07. The molecule has 0 fully saturated rings. The molecule has 0 aromatic heterocycles. The van der Waals surface area contributed by atoms with Crippen LogP contribution in [0.3, 0.4) is 0 Å². The van der Waals surface area contributed by atoms with Crippen LogP contribution in [0.2, 0.25) is 0 Å². The molecule has 2 aromatic rings. The minimum absolute atomic E-state index is 0.584. The second-order valence-corrected chi connectivity index (χ2v) is 5.34. The van der Waals surface area contributed by atoms with Crippen molar-refractivity contribution in [1.82, 2.24) is 5.32 Å². The van der Waals surface area contributed by atoms with Crippen LogP contribution >= 0.6 is 0 Å². The Balaban J connectivity index is 2.02. The van der Waals surface area contributed by atoms with Gasteiger partial charge in [0.2, 0.25) is 0 Å². The monoisotopic (exact) mass is 327 g/mol. The van der Waals surface area contributed by atoms with Crippen LogP contribution in [0.1, 0.15) is 18.1 Å². The topological polar surface area (TPSA) is 54.9 Å². The molecule has 0 saturated heterocycles. The van der Waals surface area contributed by atoms with Crippen molar-refractivity contribution in [3.8, 4) is 11.5 Å². The minimum Gasteiger partial charge on any atom is -0.493 e. The zero-order chi connectivity index (χ0) is 17.4. The molecule has 2 aromatic carbocycles. The molecular weight excluding hydrogens is 302 g/mol. The van der Waals surface area contributed by atoms with Gasteiger partial charge in [0.25, 0.3) is 0 Å². The first-order valence-corrected chi connectivity index (χ1v) is 8.00. The van der Waals surface area contributed by atoms with Crippen LogP contribution in [-0.4, -0.2) is 26.7 Å². The number of anilines is 1. The first-order valence-electron chi connectivity index (χ1n) is 8.00. The number of ether oxygens (including phenoxy) is 2. The maximum absolute atomic E-state index is 5.60. The lowest BCUT2D eigenvalue weighted by Gasteiger charge is -2.14. The number of aliphatic imine (C=N–C) groups is 1. The van der Waals surface area contributed by atoms with E-state index in [1.807, 2.05) is 25.1 Å². The van der Waals surface area contributed by atoms with Gasteiger partial charge in [0.15, 0.2) is 17.5 Å². The molecule has 0 amide bonds. The molecule has 2 rings (SSSR count). The average Bonchev–Trinajstić information content (AvgIpc) is 2.60. The summed E-state index contributed by atoms with van der Waals surface area (Å²) in [4.78, 5) is 4.26. The van der Waals surface area contributed by atoms with Gasteiger partial charge in [-0.1, -0.05) is 29.8 Å². The molecule has 0 radical (unpaired) electrons. The highest BCUT2D eigenvalue weighted by Crippen LogP contribution is 2.30. The summed E-state index contributed by atoms with van der Waals surface area (Å²) >= 11 is 0. The lowest BCUT2D eigenvalue weighted by molar-refractivity contribution is 0.311. The van der Waals surface area contributed by atoms with E-state index in [2.05, 4.69) is 46.8 Å². The molecule has 0 bridgehead atoms. The number of aryl methyl sites for hydroxylation is 1. The summed E-state index contributed by atoms with van der Waals surface area (Å²) in [6.45, 7) is 5.31. The molecule has 0 atom stereocenters. The van der Waals surface area contributed by atoms with E-state index in [0.717, 1.165) is 5.69 Å². The Morgan fingerprint density at radius 1 is 1.08 bits per heavy atom. The van der Waals surface area contributed by atoms with Crippen molar-refractivity contribution in [2.24, 2.45) is 4.99 Å². The Kier molecular flexibility index (Phi) is 6.49. The Labute approximate surface area is 143 Å². The molecule has 0 aliphatic carbocycles. The molecule has 5 heteroatoms. The number of nitrogens with one attached hydrogen (secondary N) is 2. The molecule has 0 unspecified atom stereocenters. The SMILES string of the molecule is CCOc1cc(NC(=NC)NCc2ccc(C)cc2)ccc1OC. The van der Waals surface area contributed by atoms with Gasteiger partial charge in [0, 0.05) is 25.3 Å². The van der Waals surface area contributed by atoms with Crippen molar-refractivity contribution < 1.29 is 9.47 Å². The molecule has 0 aliphatic rings. The molecule has 0 heterocycles. The van der Waals surface area contributed by atoms with Crippen LogP contribution in [0.4, 0.5) is 5.69 Å². The third-order valence-corrected chi connectivity index (χ3v) is 3.53. The van der Waals surface area contributed by atoms with E-state index in [1.54, 1.807) is 14.2 Å². The zero-order valence-electron chi connectivity index (χ0n) is 14.7. The van der Waals surface area contributed by atoms with Crippen molar-refractivity contribution >= 4 is 11.6 Å². The Hall–Kier alpha value is -2.69. The lowest BCUT2D eigenvalue weighted by atomic mass is 10.1. The smallest absolute Gasteiger partial charge is 0.195 e. The summed E-state index contributed by atoms with van der Waals surface area (Å²) in [7, 11) is 3.38. The second kappa shape index (κ2) is 8.82. The molecule has 5 nitrogen and oxygen atoms in total. The number of guanidine groups is 1. The summed E-state index contributed by atoms with van der Waals surface area (Å²) in [5.74, 6) is 2.12. The van der Waals surface area contributed by atoms with E-state index in [-0.39, 0.29) is 0 Å². The minimum atomic E-state index is 0.584. The highest BCUT2D eigenvalue weighted by molar-refractivity contribution is 5.93. The summed E-state index contributed by atoms with van der Waals surface area (Å²) in [5.41, 5.74) is 3.34. The van der Waals surface area contributed by atoms with Crippen molar-refractivity contribution in [3.05, 3.63) is 53.6 Å². The Morgan fingerprint density at radius 2 is 1.83 bits per heavy atom. The number of benzene rings is 2. The lowest BCUT2D eigenvalue weighted by Crippen LogP contribution is -2.30. The fourth-order valence-corrected chi connectivity index (χ4v) is 2.23. The molecule has 0 aliphatic heterocycles. The van der Waals surface area contributed by atoms with Gasteiger partial charge in [-0.25, -0.2) is 0 Å².